The molecule has 1 rings (SSSR count). The first-order chi connectivity index (χ1) is 8.67. The highest BCUT2D eigenvalue weighted by Gasteiger charge is 2.18. The van der Waals surface area contributed by atoms with Crippen molar-refractivity contribution in [2.45, 2.75) is 52.1 Å². The van der Waals surface area contributed by atoms with Gasteiger partial charge in [-0.05, 0) is 37.8 Å². The third-order valence-electron chi connectivity index (χ3n) is 4.04. The molecule has 2 atom stereocenters. The van der Waals surface area contributed by atoms with Gasteiger partial charge in [0.1, 0.15) is 0 Å². The van der Waals surface area contributed by atoms with E-state index in [9.17, 15) is 9.90 Å². The minimum atomic E-state index is -0.405. The summed E-state index contributed by atoms with van der Waals surface area (Å²) in [4.78, 5) is 11.7. The molecule has 0 saturated carbocycles. The molecule has 1 amide bonds. The summed E-state index contributed by atoms with van der Waals surface area (Å²) in [6.45, 7) is 6.68. The molecular weight excluding hydrogens is 228 g/mol. The smallest absolute Gasteiger partial charge is 0.220 e. The van der Waals surface area contributed by atoms with Gasteiger partial charge in [0.25, 0.3) is 0 Å². The van der Waals surface area contributed by atoms with Crippen LogP contribution < -0.4 is 10.6 Å². The van der Waals surface area contributed by atoms with Gasteiger partial charge in [-0.3, -0.25) is 4.79 Å². The summed E-state index contributed by atoms with van der Waals surface area (Å²) in [5.41, 5.74) is 0. The fraction of sp³-hybridized carbons (Fsp3) is 0.929. The molecule has 0 bridgehead atoms. The highest BCUT2D eigenvalue weighted by atomic mass is 16.3. The number of hydrogen-bond acceptors (Lipinski definition) is 3. The van der Waals surface area contributed by atoms with Crippen LogP contribution in [0.1, 0.15) is 46.0 Å². The van der Waals surface area contributed by atoms with E-state index >= 15 is 0 Å². The van der Waals surface area contributed by atoms with Crippen LogP contribution in [-0.2, 0) is 4.79 Å². The molecule has 0 aliphatic carbocycles. The Hall–Kier alpha value is -0.610. The second-order valence-corrected chi connectivity index (χ2v) is 5.35. The molecule has 1 aliphatic heterocycles. The molecule has 1 fully saturated rings. The molecule has 0 aromatic carbocycles. The Kier molecular flexibility index (Phi) is 7.28. The third kappa shape index (κ3) is 5.36. The molecule has 4 heteroatoms. The van der Waals surface area contributed by atoms with Crippen LogP contribution in [0.4, 0.5) is 0 Å². The van der Waals surface area contributed by atoms with Crippen molar-refractivity contribution in [2.75, 3.05) is 19.6 Å². The molecule has 0 aromatic heterocycles. The van der Waals surface area contributed by atoms with E-state index in [1.165, 1.54) is 6.42 Å². The van der Waals surface area contributed by atoms with E-state index in [0.717, 1.165) is 32.4 Å². The first-order valence-corrected chi connectivity index (χ1v) is 7.32. The summed E-state index contributed by atoms with van der Waals surface area (Å²) in [5, 5.41) is 16.1. The molecule has 1 heterocycles. The maximum absolute atomic E-state index is 11.7. The minimum Gasteiger partial charge on any atom is -0.391 e. The van der Waals surface area contributed by atoms with Gasteiger partial charge in [-0.25, -0.2) is 0 Å². The van der Waals surface area contributed by atoms with Crippen LogP contribution in [0.25, 0.3) is 0 Å². The molecule has 106 valence electrons. The van der Waals surface area contributed by atoms with Crippen LogP contribution in [0.2, 0.25) is 0 Å². The lowest BCUT2D eigenvalue weighted by atomic mass is 9.96. The van der Waals surface area contributed by atoms with Crippen LogP contribution in [0.15, 0.2) is 0 Å². The van der Waals surface area contributed by atoms with Crippen molar-refractivity contribution in [2.24, 2.45) is 11.8 Å². The van der Waals surface area contributed by atoms with E-state index in [4.69, 9.17) is 0 Å². The molecule has 3 N–H and O–H groups in total. The fourth-order valence-electron chi connectivity index (χ4n) is 2.60. The van der Waals surface area contributed by atoms with Crippen molar-refractivity contribution in [3.63, 3.8) is 0 Å². The first-order valence-electron chi connectivity index (χ1n) is 7.32. The normalized spacial score (nSPS) is 21.2. The summed E-state index contributed by atoms with van der Waals surface area (Å²) in [6, 6.07) is 0. The molecule has 18 heavy (non-hydrogen) atoms. The molecule has 0 aromatic rings. The number of nitrogens with one attached hydrogen (secondary N) is 2. The van der Waals surface area contributed by atoms with Crippen LogP contribution in [-0.4, -0.2) is 36.8 Å². The monoisotopic (exact) mass is 256 g/mol. The summed E-state index contributed by atoms with van der Waals surface area (Å²) in [7, 11) is 0. The second-order valence-electron chi connectivity index (χ2n) is 5.35. The number of aliphatic hydroxyl groups excluding tert-OH is 1. The zero-order valence-electron chi connectivity index (χ0n) is 11.7. The maximum atomic E-state index is 11.7. The summed E-state index contributed by atoms with van der Waals surface area (Å²) >= 11 is 0. The standard InChI is InChI=1S/C14H28N2O2/c1-3-12(4-2)13(17)10-16-14(18)6-5-11-7-8-15-9-11/h11-13,15,17H,3-10H2,1-2H3,(H,16,18). The van der Waals surface area contributed by atoms with Gasteiger partial charge in [0.15, 0.2) is 0 Å². The summed E-state index contributed by atoms with van der Waals surface area (Å²) in [5.74, 6) is 1.02. The maximum Gasteiger partial charge on any atom is 0.220 e. The lowest BCUT2D eigenvalue weighted by Crippen LogP contribution is -2.36. The van der Waals surface area contributed by atoms with Gasteiger partial charge in [-0.2, -0.15) is 0 Å². The quantitative estimate of drug-likeness (QED) is 0.613. The van der Waals surface area contributed by atoms with Crippen LogP contribution in [0, 0.1) is 11.8 Å². The Labute approximate surface area is 111 Å². The molecule has 0 radical (unpaired) electrons. The predicted octanol–water partition coefficient (Wildman–Crippen LogP) is 1.29. The number of aliphatic hydroxyl groups is 1. The number of amides is 1. The fourth-order valence-corrected chi connectivity index (χ4v) is 2.60. The second kappa shape index (κ2) is 8.48. The number of carbonyl (C=O) groups is 1. The third-order valence-corrected chi connectivity index (χ3v) is 4.04. The van der Waals surface area contributed by atoms with E-state index in [1.54, 1.807) is 0 Å². The van der Waals surface area contributed by atoms with Crippen molar-refractivity contribution in [3.05, 3.63) is 0 Å². The van der Waals surface area contributed by atoms with Crippen molar-refractivity contribution in [3.8, 4) is 0 Å². The van der Waals surface area contributed by atoms with Gasteiger partial charge in [-0.1, -0.05) is 26.7 Å². The Balaban J connectivity index is 2.11. The van der Waals surface area contributed by atoms with Crippen LogP contribution in [0.3, 0.4) is 0 Å². The first kappa shape index (κ1) is 15.4. The van der Waals surface area contributed by atoms with E-state index in [1.807, 2.05) is 0 Å². The Morgan fingerprint density at radius 1 is 1.44 bits per heavy atom. The highest BCUT2D eigenvalue weighted by Crippen LogP contribution is 2.14. The minimum absolute atomic E-state index is 0.0758. The van der Waals surface area contributed by atoms with Crippen molar-refractivity contribution < 1.29 is 9.90 Å². The van der Waals surface area contributed by atoms with E-state index in [-0.39, 0.29) is 5.91 Å². The van der Waals surface area contributed by atoms with Gasteiger partial charge >= 0.3 is 0 Å². The highest BCUT2D eigenvalue weighted by molar-refractivity contribution is 5.75. The Morgan fingerprint density at radius 2 is 2.17 bits per heavy atom. The largest absolute Gasteiger partial charge is 0.391 e. The number of hydrogen-bond donors (Lipinski definition) is 3. The molecule has 0 spiro atoms. The van der Waals surface area contributed by atoms with Gasteiger partial charge in [0, 0.05) is 13.0 Å². The molecule has 2 unspecified atom stereocenters. The van der Waals surface area contributed by atoms with Crippen LogP contribution in [0.5, 0.6) is 0 Å². The zero-order chi connectivity index (χ0) is 13.4. The molecule has 1 aliphatic rings. The summed E-state index contributed by atoms with van der Waals surface area (Å²) < 4.78 is 0. The Morgan fingerprint density at radius 3 is 2.72 bits per heavy atom. The van der Waals surface area contributed by atoms with Crippen molar-refractivity contribution in [1.29, 1.82) is 0 Å². The SMILES string of the molecule is CCC(CC)C(O)CNC(=O)CCC1CCNC1. The van der Waals surface area contributed by atoms with E-state index in [2.05, 4.69) is 24.5 Å². The van der Waals surface area contributed by atoms with E-state index < -0.39 is 6.10 Å². The van der Waals surface area contributed by atoms with Gasteiger partial charge in [0.2, 0.25) is 5.91 Å². The van der Waals surface area contributed by atoms with Crippen molar-refractivity contribution in [1.82, 2.24) is 10.6 Å². The van der Waals surface area contributed by atoms with Gasteiger partial charge < -0.3 is 15.7 Å². The molecular formula is C14H28N2O2. The Bertz CT molecular complexity index is 236. The van der Waals surface area contributed by atoms with Crippen molar-refractivity contribution >= 4 is 5.91 Å². The van der Waals surface area contributed by atoms with E-state index in [0.29, 0.717) is 24.8 Å². The number of rotatable bonds is 8. The average Bonchev–Trinajstić information content (AvgIpc) is 2.88. The zero-order valence-corrected chi connectivity index (χ0v) is 11.7. The predicted molar refractivity (Wildman–Crippen MR) is 73.3 cm³/mol. The lowest BCUT2D eigenvalue weighted by Gasteiger charge is -2.20. The molecule has 4 nitrogen and oxygen atoms in total. The number of carbonyl (C=O) groups excluding carboxylic acids is 1. The lowest BCUT2D eigenvalue weighted by molar-refractivity contribution is -0.122. The molecule has 1 saturated heterocycles. The van der Waals surface area contributed by atoms with Crippen LogP contribution >= 0.6 is 0 Å². The van der Waals surface area contributed by atoms with Gasteiger partial charge in [-0.15, -0.1) is 0 Å². The topological polar surface area (TPSA) is 61.4 Å². The average molecular weight is 256 g/mol. The summed E-state index contributed by atoms with van der Waals surface area (Å²) in [6.07, 6.45) is 4.24. The van der Waals surface area contributed by atoms with Gasteiger partial charge in [0.05, 0.1) is 6.10 Å².